The van der Waals surface area contributed by atoms with Gasteiger partial charge < -0.3 is 0 Å². The van der Waals surface area contributed by atoms with Gasteiger partial charge in [0, 0.05) is 16.0 Å². The topological polar surface area (TPSA) is 12.9 Å². The SMILES string of the molecule is Clc1ccc(-c2nc3ccc4ccccc4c3c3c2CCCCCC3)cc1. The summed E-state index contributed by atoms with van der Waals surface area (Å²) in [6.45, 7) is 0. The minimum absolute atomic E-state index is 0.772. The average molecular weight is 372 g/mol. The number of hydrogen-bond acceptors (Lipinski definition) is 1. The quantitative estimate of drug-likeness (QED) is 0.318. The Kier molecular flexibility index (Phi) is 4.33. The van der Waals surface area contributed by atoms with Gasteiger partial charge in [-0.15, -0.1) is 0 Å². The van der Waals surface area contributed by atoms with Crippen molar-refractivity contribution < 1.29 is 0 Å². The molecule has 27 heavy (non-hydrogen) atoms. The summed E-state index contributed by atoms with van der Waals surface area (Å²) in [5, 5.41) is 4.77. The van der Waals surface area contributed by atoms with Crippen LogP contribution in [0, 0.1) is 0 Å². The van der Waals surface area contributed by atoms with E-state index in [1.165, 1.54) is 58.5 Å². The molecule has 1 nitrogen and oxygen atoms in total. The summed E-state index contributed by atoms with van der Waals surface area (Å²) in [5.41, 5.74) is 6.39. The number of pyridine rings is 1. The first kappa shape index (κ1) is 16.8. The molecule has 3 aromatic carbocycles. The van der Waals surface area contributed by atoms with Crippen molar-refractivity contribution in [3.8, 4) is 11.3 Å². The summed E-state index contributed by atoms with van der Waals surface area (Å²) in [6, 6.07) is 21.3. The highest BCUT2D eigenvalue weighted by atomic mass is 35.5. The Balaban J connectivity index is 1.87. The van der Waals surface area contributed by atoms with Crippen LogP contribution in [0.3, 0.4) is 0 Å². The summed E-state index contributed by atoms with van der Waals surface area (Å²) in [5.74, 6) is 0. The minimum Gasteiger partial charge on any atom is -0.247 e. The van der Waals surface area contributed by atoms with Gasteiger partial charge >= 0.3 is 0 Å². The van der Waals surface area contributed by atoms with Crippen LogP contribution in [0.1, 0.15) is 36.8 Å². The van der Waals surface area contributed by atoms with Gasteiger partial charge in [-0.05, 0) is 65.8 Å². The molecule has 0 fully saturated rings. The number of halogens is 1. The standard InChI is InChI=1S/C25H22ClN/c26-19-14-11-18(12-15-19)25-22-10-4-2-1-3-9-21(22)24-20-8-6-5-7-17(20)13-16-23(24)27-25/h5-8,11-16H,1-4,9-10H2. The lowest BCUT2D eigenvalue weighted by Gasteiger charge is -2.21. The second kappa shape index (κ2) is 6.98. The molecule has 0 saturated carbocycles. The van der Waals surface area contributed by atoms with Crippen LogP contribution in [-0.4, -0.2) is 4.98 Å². The fraction of sp³-hybridized carbons (Fsp3) is 0.240. The van der Waals surface area contributed by atoms with Gasteiger partial charge in [-0.2, -0.15) is 0 Å². The minimum atomic E-state index is 0.772. The number of aromatic nitrogens is 1. The number of benzene rings is 3. The molecular weight excluding hydrogens is 350 g/mol. The van der Waals surface area contributed by atoms with Crippen LogP contribution >= 0.6 is 11.6 Å². The van der Waals surface area contributed by atoms with Crippen LogP contribution in [0.15, 0.2) is 60.7 Å². The predicted octanol–water partition coefficient (Wildman–Crippen LogP) is 7.37. The molecule has 1 aliphatic carbocycles. The van der Waals surface area contributed by atoms with Crippen LogP contribution in [0.4, 0.5) is 0 Å². The molecule has 0 saturated heterocycles. The first-order chi connectivity index (χ1) is 13.3. The molecular formula is C25H22ClN. The molecule has 0 amide bonds. The van der Waals surface area contributed by atoms with E-state index in [1.807, 2.05) is 12.1 Å². The van der Waals surface area contributed by atoms with Gasteiger partial charge in [0.1, 0.15) is 0 Å². The average Bonchev–Trinajstić information content (AvgIpc) is 2.68. The van der Waals surface area contributed by atoms with Crippen molar-refractivity contribution in [2.45, 2.75) is 38.5 Å². The molecule has 0 unspecified atom stereocenters. The van der Waals surface area contributed by atoms with E-state index in [0.29, 0.717) is 0 Å². The van der Waals surface area contributed by atoms with Gasteiger partial charge in [0.05, 0.1) is 11.2 Å². The van der Waals surface area contributed by atoms with Crippen molar-refractivity contribution in [2.75, 3.05) is 0 Å². The largest absolute Gasteiger partial charge is 0.247 e. The van der Waals surface area contributed by atoms with Crippen molar-refractivity contribution in [2.24, 2.45) is 0 Å². The molecule has 1 aliphatic rings. The number of nitrogens with zero attached hydrogens (tertiary/aromatic N) is 1. The van der Waals surface area contributed by atoms with Crippen molar-refractivity contribution in [3.05, 3.63) is 76.8 Å². The van der Waals surface area contributed by atoms with Crippen LogP contribution in [0.5, 0.6) is 0 Å². The van der Waals surface area contributed by atoms with Crippen molar-refractivity contribution in [3.63, 3.8) is 0 Å². The smallest absolute Gasteiger partial charge is 0.0744 e. The molecule has 0 atom stereocenters. The summed E-state index contributed by atoms with van der Waals surface area (Å²) < 4.78 is 0. The highest BCUT2D eigenvalue weighted by Crippen LogP contribution is 2.37. The second-order valence-corrected chi connectivity index (χ2v) is 7.96. The Morgan fingerprint density at radius 2 is 1.44 bits per heavy atom. The van der Waals surface area contributed by atoms with E-state index >= 15 is 0 Å². The lowest BCUT2D eigenvalue weighted by molar-refractivity contribution is 0.619. The Labute approximate surface area is 165 Å². The molecule has 5 rings (SSSR count). The third kappa shape index (κ3) is 3.00. The molecule has 1 aromatic heterocycles. The first-order valence-electron chi connectivity index (χ1n) is 9.90. The predicted molar refractivity (Wildman–Crippen MR) is 116 cm³/mol. The molecule has 0 radical (unpaired) electrons. The first-order valence-corrected chi connectivity index (χ1v) is 10.3. The maximum atomic E-state index is 6.13. The van der Waals surface area contributed by atoms with Gasteiger partial charge in [0.25, 0.3) is 0 Å². The van der Waals surface area contributed by atoms with Crippen molar-refractivity contribution >= 4 is 33.3 Å². The third-order valence-corrected chi connectivity index (χ3v) is 6.06. The third-order valence-electron chi connectivity index (χ3n) is 5.81. The van der Waals surface area contributed by atoms with E-state index < -0.39 is 0 Å². The number of rotatable bonds is 1. The molecule has 4 aromatic rings. The molecule has 0 aliphatic heterocycles. The normalized spacial score (nSPS) is 14.7. The lowest BCUT2D eigenvalue weighted by atomic mass is 9.86. The van der Waals surface area contributed by atoms with E-state index in [0.717, 1.165) is 29.1 Å². The summed E-state index contributed by atoms with van der Waals surface area (Å²) in [4.78, 5) is 5.17. The van der Waals surface area contributed by atoms with Gasteiger partial charge in [0.2, 0.25) is 0 Å². The van der Waals surface area contributed by atoms with E-state index in [2.05, 4.69) is 48.5 Å². The summed E-state index contributed by atoms with van der Waals surface area (Å²) in [7, 11) is 0. The van der Waals surface area contributed by atoms with E-state index in [4.69, 9.17) is 16.6 Å². The van der Waals surface area contributed by atoms with Gasteiger partial charge in [0.15, 0.2) is 0 Å². The Morgan fingerprint density at radius 3 is 2.26 bits per heavy atom. The van der Waals surface area contributed by atoms with E-state index in [-0.39, 0.29) is 0 Å². The lowest BCUT2D eigenvalue weighted by Crippen LogP contribution is -2.05. The van der Waals surface area contributed by atoms with Crippen LogP contribution in [0.2, 0.25) is 5.02 Å². The molecule has 0 N–H and O–H groups in total. The summed E-state index contributed by atoms with van der Waals surface area (Å²) in [6.07, 6.45) is 7.39. The molecule has 1 heterocycles. The monoisotopic (exact) mass is 371 g/mol. The van der Waals surface area contributed by atoms with E-state index in [9.17, 15) is 0 Å². The Bertz CT molecular complexity index is 1130. The zero-order valence-corrected chi connectivity index (χ0v) is 16.1. The van der Waals surface area contributed by atoms with Crippen molar-refractivity contribution in [1.82, 2.24) is 4.98 Å². The maximum Gasteiger partial charge on any atom is 0.0744 e. The highest BCUT2D eigenvalue weighted by Gasteiger charge is 2.19. The van der Waals surface area contributed by atoms with Gasteiger partial charge in [-0.25, -0.2) is 4.98 Å². The summed E-state index contributed by atoms with van der Waals surface area (Å²) >= 11 is 6.13. The van der Waals surface area contributed by atoms with Crippen LogP contribution in [-0.2, 0) is 12.8 Å². The Morgan fingerprint density at radius 1 is 0.704 bits per heavy atom. The number of hydrogen-bond donors (Lipinski definition) is 0. The molecule has 0 spiro atoms. The fourth-order valence-electron chi connectivity index (χ4n) is 4.50. The Hall–Kier alpha value is -2.38. The van der Waals surface area contributed by atoms with Crippen molar-refractivity contribution in [1.29, 1.82) is 0 Å². The molecule has 0 bridgehead atoms. The molecule has 134 valence electrons. The number of aryl methyl sites for hydroxylation is 1. The fourth-order valence-corrected chi connectivity index (χ4v) is 4.63. The zero-order valence-electron chi connectivity index (χ0n) is 15.3. The highest BCUT2D eigenvalue weighted by molar-refractivity contribution is 6.30. The number of fused-ring (bicyclic) bond motifs is 5. The molecule has 2 heteroatoms. The zero-order chi connectivity index (χ0) is 18.2. The van der Waals surface area contributed by atoms with Gasteiger partial charge in [-0.3, -0.25) is 0 Å². The maximum absolute atomic E-state index is 6.13. The second-order valence-electron chi connectivity index (χ2n) is 7.52. The van der Waals surface area contributed by atoms with Crippen LogP contribution in [0.25, 0.3) is 32.9 Å². The van der Waals surface area contributed by atoms with E-state index in [1.54, 1.807) is 0 Å². The van der Waals surface area contributed by atoms with Gasteiger partial charge in [-0.1, -0.05) is 66.9 Å². The van der Waals surface area contributed by atoms with Crippen LogP contribution < -0.4 is 0 Å².